The molecule has 0 aliphatic carbocycles. The van der Waals surface area contributed by atoms with E-state index in [-0.39, 0.29) is 5.56 Å². The van der Waals surface area contributed by atoms with Gasteiger partial charge in [-0.1, -0.05) is 6.07 Å². The SMILES string of the molecule is CN(C)CCCCc1ccc(CSCCNc2ncc(Cc3cccnc3)c(=O)[nH]2)o1. The van der Waals surface area contributed by atoms with E-state index in [2.05, 4.69) is 51.4 Å². The zero-order chi connectivity index (χ0) is 21.9. The first-order valence-corrected chi connectivity index (χ1v) is 11.8. The number of aryl methyl sites for hydroxylation is 1. The molecule has 0 radical (unpaired) electrons. The van der Waals surface area contributed by atoms with Gasteiger partial charge in [-0.25, -0.2) is 4.98 Å². The van der Waals surface area contributed by atoms with E-state index in [1.807, 2.05) is 12.1 Å². The predicted octanol–water partition coefficient (Wildman–Crippen LogP) is 3.58. The molecule has 2 N–H and O–H groups in total. The summed E-state index contributed by atoms with van der Waals surface area (Å²) in [5.74, 6) is 4.31. The number of rotatable bonds is 13. The average molecular weight is 442 g/mol. The third kappa shape index (κ3) is 8.22. The highest BCUT2D eigenvalue weighted by atomic mass is 32.2. The molecule has 0 aromatic carbocycles. The number of unbranched alkanes of at least 4 members (excludes halogenated alkanes) is 1. The summed E-state index contributed by atoms with van der Waals surface area (Å²) in [5.41, 5.74) is 1.49. The van der Waals surface area contributed by atoms with E-state index in [1.54, 1.807) is 30.4 Å². The van der Waals surface area contributed by atoms with Crippen LogP contribution in [-0.4, -0.2) is 52.8 Å². The smallest absolute Gasteiger partial charge is 0.255 e. The summed E-state index contributed by atoms with van der Waals surface area (Å²) >= 11 is 1.79. The van der Waals surface area contributed by atoms with Crippen LogP contribution >= 0.6 is 11.8 Å². The monoisotopic (exact) mass is 441 g/mol. The summed E-state index contributed by atoms with van der Waals surface area (Å²) < 4.78 is 5.91. The van der Waals surface area contributed by atoms with E-state index >= 15 is 0 Å². The summed E-state index contributed by atoms with van der Waals surface area (Å²) in [4.78, 5) is 25.7. The van der Waals surface area contributed by atoms with Crippen LogP contribution in [0.25, 0.3) is 0 Å². The van der Waals surface area contributed by atoms with Crippen molar-refractivity contribution >= 4 is 17.7 Å². The van der Waals surface area contributed by atoms with Crippen LogP contribution in [0, 0.1) is 0 Å². The molecule has 8 heteroatoms. The molecule has 0 unspecified atom stereocenters. The molecule has 0 aliphatic rings. The summed E-state index contributed by atoms with van der Waals surface area (Å²) in [7, 11) is 4.20. The second kappa shape index (κ2) is 12.3. The number of pyridine rings is 1. The van der Waals surface area contributed by atoms with Crippen LogP contribution in [0.5, 0.6) is 0 Å². The highest BCUT2D eigenvalue weighted by Gasteiger charge is 2.05. The van der Waals surface area contributed by atoms with Gasteiger partial charge in [0.1, 0.15) is 11.5 Å². The number of nitrogens with zero attached hydrogens (tertiary/aromatic N) is 3. The number of aromatic amines is 1. The Bertz CT molecular complexity index is 971. The Morgan fingerprint density at radius 3 is 2.81 bits per heavy atom. The van der Waals surface area contributed by atoms with Crippen molar-refractivity contribution in [1.82, 2.24) is 19.9 Å². The first-order valence-electron chi connectivity index (χ1n) is 10.6. The van der Waals surface area contributed by atoms with E-state index in [1.165, 1.54) is 6.42 Å². The van der Waals surface area contributed by atoms with Crippen molar-refractivity contribution in [2.45, 2.75) is 31.4 Å². The standard InChI is InChI=1S/C23H31N5O2S/c1-28(2)12-4-3-7-20-8-9-21(30-20)17-31-13-11-25-23-26-16-19(22(29)27-23)14-18-6-5-10-24-15-18/h5-6,8-10,15-16H,3-4,7,11-14,17H2,1-2H3,(H2,25,26,27,29). The van der Waals surface area contributed by atoms with Gasteiger partial charge in [0.2, 0.25) is 5.95 Å². The lowest BCUT2D eigenvalue weighted by Gasteiger charge is -2.07. The molecule has 3 rings (SSSR count). The van der Waals surface area contributed by atoms with Crippen LogP contribution < -0.4 is 10.9 Å². The summed E-state index contributed by atoms with van der Waals surface area (Å²) in [6.45, 7) is 1.83. The van der Waals surface area contributed by atoms with Crippen molar-refractivity contribution in [3.05, 3.63) is 75.9 Å². The van der Waals surface area contributed by atoms with E-state index in [0.29, 0.717) is 24.5 Å². The largest absolute Gasteiger partial charge is 0.465 e. The molecule has 3 aromatic rings. The quantitative estimate of drug-likeness (QED) is 0.392. The Morgan fingerprint density at radius 1 is 1.16 bits per heavy atom. The number of H-pyrrole nitrogens is 1. The van der Waals surface area contributed by atoms with Crippen molar-refractivity contribution in [2.75, 3.05) is 38.3 Å². The van der Waals surface area contributed by atoms with E-state index in [9.17, 15) is 4.79 Å². The Balaban J connectivity index is 1.34. The molecule has 7 nitrogen and oxygen atoms in total. The Kier molecular flexibility index (Phi) is 9.17. The number of hydrogen-bond donors (Lipinski definition) is 2. The maximum absolute atomic E-state index is 12.3. The van der Waals surface area contributed by atoms with Crippen molar-refractivity contribution in [3.8, 4) is 0 Å². The lowest BCUT2D eigenvalue weighted by atomic mass is 10.1. The molecular weight excluding hydrogens is 410 g/mol. The minimum Gasteiger partial charge on any atom is -0.465 e. The molecule has 3 aromatic heterocycles. The minimum absolute atomic E-state index is 0.122. The van der Waals surface area contributed by atoms with E-state index in [0.717, 1.165) is 48.0 Å². The highest BCUT2D eigenvalue weighted by Crippen LogP contribution is 2.17. The molecule has 31 heavy (non-hydrogen) atoms. The molecule has 0 aliphatic heterocycles. The molecule has 3 heterocycles. The Morgan fingerprint density at radius 2 is 2.03 bits per heavy atom. The molecule has 0 spiro atoms. The second-order valence-corrected chi connectivity index (χ2v) is 8.84. The fourth-order valence-electron chi connectivity index (χ4n) is 3.14. The van der Waals surface area contributed by atoms with E-state index in [4.69, 9.17) is 4.42 Å². The molecule has 0 saturated heterocycles. The van der Waals surface area contributed by atoms with Gasteiger partial charge < -0.3 is 14.6 Å². The molecule has 0 bridgehead atoms. The topological polar surface area (TPSA) is 87.0 Å². The zero-order valence-electron chi connectivity index (χ0n) is 18.3. The second-order valence-electron chi connectivity index (χ2n) is 7.73. The fourth-order valence-corrected chi connectivity index (χ4v) is 3.88. The van der Waals surface area contributed by atoms with Gasteiger partial charge in [-0.05, 0) is 57.2 Å². The third-order valence-electron chi connectivity index (χ3n) is 4.77. The number of aromatic nitrogens is 3. The molecule has 0 saturated carbocycles. The van der Waals surface area contributed by atoms with Crippen molar-refractivity contribution in [1.29, 1.82) is 0 Å². The average Bonchev–Trinajstić information content (AvgIpc) is 3.21. The molecule has 0 atom stereocenters. The van der Waals surface area contributed by atoms with Gasteiger partial charge in [-0.3, -0.25) is 14.8 Å². The van der Waals surface area contributed by atoms with Crippen LogP contribution in [0.15, 0.2) is 52.1 Å². The lowest BCUT2D eigenvalue weighted by molar-refractivity contribution is 0.388. The Hall–Kier alpha value is -2.58. The fraction of sp³-hybridized carbons (Fsp3) is 0.435. The summed E-state index contributed by atoms with van der Waals surface area (Å²) in [6.07, 6.45) is 8.96. The van der Waals surface area contributed by atoms with Crippen molar-refractivity contribution in [3.63, 3.8) is 0 Å². The summed E-state index contributed by atoms with van der Waals surface area (Å²) in [6, 6.07) is 7.97. The van der Waals surface area contributed by atoms with Crippen LogP contribution in [0.4, 0.5) is 5.95 Å². The lowest BCUT2D eigenvalue weighted by Crippen LogP contribution is -2.18. The number of thioether (sulfide) groups is 1. The van der Waals surface area contributed by atoms with Crippen molar-refractivity contribution in [2.24, 2.45) is 0 Å². The van der Waals surface area contributed by atoms with Gasteiger partial charge in [-0.2, -0.15) is 11.8 Å². The number of furan rings is 1. The maximum Gasteiger partial charge on any atom is 0.255 e. The molecular formula is C23H31N5O2S. The van der Waals surface area contributed by atoms with Gasteiger partial charge in [0.15, 0.2) is 0 Å². The van der Waals surface area contributed by atoms with Crippen LogP contribution in [-0.2, 0) is 18.6 Å². The molecule has 0 fully saturated rings. The molecule has 166 valence electrons. The van der Waals surface area contributed by atoms with Crippen molar-refractivity contribution < 1.29 is 4.42 Å². The van der Waals surface area contributed by atoms with Crippen LogP contribution in [0.2, 0.25) is 0 Å². The zero-order valence-corrected chi connectivity index (χ0v) is 19.1. The predicted molar refractivity (Wildman–Crippen MR) is 127 cm³/mol. The first kappa shape index (κ1) is 23.1. The summed E-state index contributed by atoms with van der Waals surface area (Å²) in [5, 5.41) is 3.18. The van der Waals surface area contributed by atoms with Gasteiger partial charge in [-0.15, -0.1) is 0 Å². The van der Waals surface area contributed by atoms with Gasteiger partial charge in [0, 0.05) is 49.3 Å². The molecule has 0 amide bonds. The number of hydrogen-bond acceptors (Lipinski definition) is 7. The van der Waals surface area contributed by atoms with Gasteiger partial charge in [0.25, 0.3) is 5.56 Å². The first-order chi connectivity index (χ1) is 15.1. The maximum atomic E-state index is 12.3. The number of nitrogens with one attached hydrogen (secondary N) is 2. The van der Waals surface area contributed by atoms with Crippen LogP contribution in [0.3, 0.4) is 0 Å². The van der Waals surface area contributed by atoms with Gasteiger partial charge >= 0.3 is 0 Å². The number of anilines is 1. The van der Waals surface area contributed by atoms with E-state index < -0.39 is 0 Å². The highest BCUT2D eigenvalue weighted by molar-refractivity contribution is 7.98. The minimum atomic E-state index is -0.122. The normalized spacial score (nSPS) is 11.2. The third-order valence-corrected chi connectivity index (χ3v) is 5.75. The van der Waals surface area contributed by atoms with Gasteiger partial charge in [0.05, 0.1) is 5.75 Å². The van der Waals surface area contributed by atoms with Crippen LogP contribution in [0.1, 0.15) is 35.5 Å². The Labute approximate surface area is 187 Å².